The standard InChI is InChI=1S/C32H34FN3O4/c1-2-40-30-18-27(21-5-7-23(33)8-6-21)26(20-3-4-20)17-22(30)19-35-14-11-24(12-15-35)36-16-13-28-25(31(36)37)9-10-29(34-28)32(38)39/h5-10,17-18,20,24H,2-4,11-16,19H2,1H3,(H,38,39). The molecule has 8 heteroatoms. The van der Waals surface area contributed by atoms with Crippen molar-refractivity contribution in [3.63, 3.8) is 0 Å². The molecule has 0 radical (unpaired) electrons. The van der Waals surface area contributed by atoms with Crippen molar-refractivity contribution in [2.75, 3.05) is 26.2 Å². The van der Waals surface area contributed by atoms with Gasteiger partial charge in [0.25, 0.3) is 5.91 Å². The van der Waals surface area contributed by atoms with Gasteiger partial charge in [0, 0.05) is 44.2 Å². The SMILES string of the molecule is CCOc1cc(-c2ccc(F)cc2)c(C2CC2)cc1CN1CCC(N2CCc3nc(C(=O)O)ccc3C2=O)CC1. The second-order valence-corrected chi connectivity index (χ2v) is 11.0. The Morgan fingerprint density at radius 1 is 1.02 bits per heavy atom. The van der Waals surface area contributed by atoms with Gasteiger partial charge < -0.3 is 14.7 Å². The number of hydrogen-bond donors (Lipinski definition) is 1. The zero-order valence-corrected chi connectivity index (χ0v) is 22.7. The first-order valence-corrected chi connectivity index (χ1v) is 14.2. The number of carboxylic acids is 1. The molecule has 208 valence electrons. The molecular formula is C32H34FN3O4. The van der Waals surface area contributed by atoms with Gasteiger partial charge in [-0.2, -0.15) is 0 Å². The number of amides is 1. The summed E-state index contributed by atoms with van der Waals surface area (Å²) in [5.41, 5.74) is 5.72. The van der Waals surface area contributed by atoms with Gasteiger partial charge in [0.05, 0.1) is 17.9 Å². The van der Waals surface area contributed by atoms with Crippen molar-refractivity contribution in [3.8, 4) is 16.9 Å². The monoisotopic (exact) mass is 543 g/mol. The minimum atomic E-state index is -1.08. The number of aromatic nitrogens is 1. The first-order valence-electron chi connectivity index (χ1n) is 14.2. The predicted molar refractivity (Wildman–Crippen MR) is 149 cm³/mol. The van der Waals surface area contributed by atoms with Crippen molar-refractivity contribution in [1.29, 1.82) is 0 Å². The number of halogens is 1. The lowest BCUT2D eigenvalue weighted by atomic mass is 9.93. The highest BCUT2D eigenvalue weighted by Crippen LogP contribution is 2.46. The van der Waals surface area contributed by atoms with E-state index < -0.39 is 5.97 Å². The molecule has 2 fully saturated rings. The average Bonchev–Trinajstić information content (AvgIpc) is 3.81. The number of hydrogen-bond acceptors (Lipinski definition) is 5. The molecule has 7 nitrogen and oxygen atoms in total. The van der Waals surface area contributed by atoms with Crippen LogP contribution in [0.25, 0.3) is 11.1 Å². The number of piperidine rings is 1. The van der Waals surface area contributed by atoms with Gasteiger partial charge in [-0.05, 0) is 91.6 Å². The Morgan fingerprint density at radius 3 is 2.45 bits per heavy atom. The Hall–Kier alpha value is -3.78. The van der Waals surface area contributed by atoms with E-state index in [9.17, 15) is 19.1 Å². The Morgan fingerprint density at radius 2 is 1.77 bits per heavy atom. The van der Waals surface area contributed by atoms with E-state index in [1.54, 1.807) is 6.07 Å². The molecule has 1 saturated heterocycles. The number of carbonyl (C=O) groups excluding carboxylic acids is 1. The van der Waals surface area contributed by atoms with Crippen LogP contribution >= 0.6 is 0 Å². The maximum Gasteiger partial charge on any atom is 0.354 e. The van der Waals surface area contributed by atoms with Crippen LogP contribution in [-0.2, 0) is 13.0 Å². The lowest BCUT2D eigenvalue weighted by Gasteiger charge is -2.40. The van der Waals surface area contributed by atoms with Crippen LogP contribution in [0.4, 0.5) is 4.39 Å². The minimum absolute atomic E-state index is 0.0183. The molecule has 40 heavy (non-hydrogen) atoms. The van der Waals surface area contributed by atoms with Crippen LogP contribution in [0.1, 0.15) is 76.2 Å². The van der Waals surface area contributed by atoms with E-state index in [-0.39, 0.29) is 23.5 Å². The molecule has 2 aromatic carbocycles. The number of benzene rings is 2. The first-order chi connectivity index (χ1) is 19.4. The predicted octanol–water partition coefficient (Wildman–Crippen LogP) is 5.52. The average molecular weight is 544 g/mol. The van der Waals surface area contributed by atoms with E-state index in [2.05, 4.69) is 22.0 Å². The molecule has 0 spiro atoms. The van der Waals surface area contributed by atoms with Crippen molar-refractivity contribution in [2.24, 2.45) is 0 Å². The second kappa shape index (κ2) is 11.0. The molecule has 3 aliphatic rings. The van der Waals surface area contributed by atoms with E-state index in [4.69, 9.17) is 4.74 Å². The molecular weight excluding hydrogens is 509 g/mol. The number of aromatic carboxylic acids is 1. The second-order valence-electron chi connectivity index (χ2n) is 11.0. The third-order valence-corrected chi connectivity index (χ3v) is 8.37. The van der Waals surface area contributed by atoms with Crippen molar-refractivity contribution in [1.82, 2.24) is 14.8 Å². The molecule has 3 aromatic rings. The summed E-state index contributed by atoms with van der Waals surface area (Å²) >= 11 is 0. The molecule has 6 rings (SSSR count). The molecule has 2 aliphatic heterocycles. The lowest BCUT2D eigenvalue weighted by Crippen LogP contribution is -2.50. The zero-order chi connectivity index (χ0) is 27.8. The fourth-order valence-corrected chi connectivity index (χ4v) is 6.14. The lowest BCUT2D eigenvalue weighted by molar-refractivity contribution is 0.0540. The van der Waals surface area contributed by atoms with E-state index in [1.165, 1.54) is 42.2 Å². The fraction of sp³-hybridized carbons (Fsp3) is 0.406. The van der Waals surface area contributed by atoms with E-state index in [0.29, 0.717) is 36.7 Å². The number of carboxylic acid groups (broad SMARTS) is 1. The maximum absolute atomic E-state index is 13.6. The summed E-state index contributed by atoms with van der Waals surface area (Å²) < 4.78 is 19.7. The van der Waals surface area contributed by atoms with Crippen LogP contribution in [0.3, 0.4) is 0 Å². The number of carbonyl (C=O) groups is 2. The quantitative estimate of drug-likeness (QED) is 0.403. The molecule has 1 amide bonds. The summed E-state index contributed by atoms with van der Waals surface area (Å²) in [5, 5.41) is 9.22. The van der Waals surface area contributed by atoms with Crippen LogP contribution in [0.15, 0.2) is 48.5 Å². The number of likely N-dealkylation sites (tertiary alicyclic amines) is 1. The largest absolute Gasteiger partial charge is 0.494 e. The van der Waals surface area contributed by atoms with E-state index in [1.807, 2.05) is 24.0 Å². The smallest absolute Gasteiger partial charge is 0.354 e. The summed E-state index contributed by atoms with van der Waals surface area (Å²) in [4.78, 5) is 33.1. The van der Waals surface area contributed by atoms with Gasteiger partial charge in [0.1, 0.15) is 17.3 Å². The number of pyridine rings is 1. The normalized spacial score (nSPS) is 18.1. The third kappa shape index (κ3) is 5.32. The Balaban J connectivity index is 1.16. The van der Waals surface area contributed by atoms with Gasteiger partial charge in [-0.1, -0.05) is 12.1 Å². The first kappa shape index (κ1) is 26.4. The minimum Gasteiger partial charge on any atom is -0.494 e. The molecule has 1 aliphatic carbocycles. The topological polar surface area (TPSA) is 83.0 Å². The highest BCUT2D eigenvalue weighted by atomic mass is 19.1. The number of rotatable bonds is 8. The molecule has 1 N–H and O–H groups in total. The van der Waals surface area contributed by atoms with Crippen molar-refractivity contribution in [3.05, 3.63) is 82.4 Å². The van der Waals surface area contributed by atoms with E-state index in [0.717, 1.165) is 49.4 Å². The van der Waals surface area contributed by atoms with Gasteiger partial charge in [0.2, 0.25) is 0 Å². The summed E-state index contributed by atoms with van der Waals surface area (Å²) in [6.07, 6.45) is 4.69. The molecule has 1 saturated carbocycles. The summed E-state index contributed by atoms with van der Waals surface area (Å²) in [7, 11) is 0. The van der Waals surface area contributed by atoms with Gasteiger partial charge >= 0.3 is 5.97 Å². The van der Waals surface area contributed by atoms with Crippen LogP contribution in [-0.4, -0.2) is 64.0 Å². The Bertz CT molecular complexity index is 1430. The van der Waals surface area contributed by atoms with Gasteiger partial charge in [-0.3, -0.25) is 9.69 Å². The number of fused-ring (bicyclic) bond motifs is 1. The van der Waals surface area contributed by atoms with Crippen molar-refractivity contribution in [2.45, 2.75) is 57.5 Å². The van der Waals surface area contributed by atoms with Gasteiger partial charge in [-0.15, -0.1) is 0 Å². The molecule has 0 unspecified atom stereocenters. The van der Waals surface area contributed by atoms with Gasteiger partial charge in [-0.25, -0.2) is 14.2 Å². The molecule has 0 bridgehead atoms. The summed E-state index contributed by atoms with van der Waals surface area (Å²) in [6, 6.07) is 14.3. The third-order valence-electron chi connectivity index (χ3n) is 8.37. The fourth-order valence-electron chi connectivity index (χ4n) is 6.14. The van der Waals surface area contributed by atoms with Gasteiger partial charge in [0.15, 0.2) is 0 Å². The van der Waals surface area contributed by atoms with Crippen LogP contribution in [0.2, 0.25) is 0 Å². The highest BCUT2D eigenvalue weighted by molar-refractivity contribution is 5.97. The summed E-state index contributed by atoms with van der Waals surface area (Å²) in [6.45, 7) is 5.67. The Kier molecular flexibility index (Phi) is 7.27. The summed E-state index contributed by atoms with van der Waals surface area (Å²) in [5.74, 6) is 0.0556. The molecule has 1 aromatic heterocycles. The number of nitrogens with zero attached hydrogens (tertiary/aromatic N) is 3. The maximum atomic E-state index is 13.6. The Labute approximate surface area is 233 Å². The van der Waals surface area contributed by atoms with Crippen molar-refractivity contribution >= 4 is 11.9 Å². The van der Waals surface area contributed by atoms with Crippen molar-refractivity contribution < 1.29 is 23.8 Å². The van der Waals surface area contributed by atoms with Crippen LogP contribution < -0.4 is 4.74 Å². The molecule has 0 atom stereocenters. The zero-order valence-electron chi connectivity index (χ0n) is 22.7. The number of ether oxygens (including phenoxy) is 1. The van der Waals surface area contributed by atoms with Crippen LogP contribution in [0.5, 0.6) is 5.75 Å². The van der Waals surface area contributed by atoms with Crippen LogP contribution in [0, 0.1) is 5.82 Å². The molecule has 3 heterocycles. The van der Waals surface area contributed by atoms with E-state index >= 15 is 0 Å². The highest BCUT2D eigenvalue weighted by Gasteiger charge is 2.34.